The summed E-state index contributed by atoms with van der Waals surface area (Å²) in [6.07, 6.45) is -0.464. The highest BCUT2D eigenvalue weighted by atomic mass is 19.1. The monoisotopic (exact) mass is 418 g/mol. The van der Waals surface area contributed by atoms with Crippen LogP contribution in [0.25, 0.3) is 0 Å². The zero-order chi connectivity index (χ0) is 22.0. The maximum absolute atomic E-state index is 13.1. The lowest BCUT2D eigenvalue weighted by atomic mass is 10.1. The summed E-state index contributed by atoms with van der Waals surface area (Å²) in [7, 11) is 0. The minimum atomic E-state index is -0.586. The highest BCUT2D eigenvalue weighted by molar-refractivity contribution is 6.01. The molecule has 1 aliphatic heterocycles. The number of fused-ring (bicyclic) bond motifs is 1. The number of halogens is 1. The molecule has 1 unspecified atom stereocenters. The second-order valence-corrected chi connectivity index (χ2v) is 7.70. The third kappa shape index (κ3) is 4.74. The topological polar surface area (TPSA) is 58.6 Å². The summed E-state index contributed by atoms with van der Waals surface area (Å²) in [5, 5.41) is 2.85. The number of amides is 2. The van der Waals surface area contributed by atoms with Crippen LogP contribution < -0.4 is 15.0 Å². The first-order valence-electron chi connectivity index (χ1n) is 10.1. The van der Waals surface area contributed by atoms with Gasteiger partial charge in [0.25, 0.3) is 5.91 Å². The standard InChI is InChI=1S/C25H23FN2O3/c1-16-3-5-19(6-4-16)15-28-22-14-21(11-12-23(22)31-17(2)25(28)30)27-24(29)13-18-7-9-20(26)10-8-18/h3-12,14,17H,13,15H2,1-2H3,(H,27,29). The van der Waals surface area contributed by atoms with E-state index in [0.717, 1.165) is 11.1 Å². The molecule has 1 heterocycles. The number of benzene rings is 3. The van der Waals surface area contributed by atoms with Crippen LogP contribution in [-0.4, -0.2) is 17.9 Å². The largest absolute Gasteiger partial charge is 0.479 e. The average molecular weight is 418 g/mol. The van der Waals surface area contributed by atoms with Gasteiger partial charge in [0, 0.05) is 5.69 Å². The maximum Gasteiger partial charge on any atom is 0.268 e. The van der Waals surface area contributed by atoms with Crippen LogP contribution in [0.4, 0.5) is 15.8 Å². The van der Waals surface area contributed by atoms with Gasteiger partial charge in [-0.3, -0.25) is 9.59 Å². The fourth-order valence-electron chi connectivity index (χ4n) is 3.52. The van der Waals surface area contributed by atoms with Crippen molar-refractivity contribution < 1.29 is 18.7 Å². The number of hydrogen-bond donors (Lipinski definition) is 1. The number of nitrogens with zero attached hydrogens (tertiary/aromatic N) is 1. The number of anilines is 2. The Morgan fingerprint density at radius 3 is 2.42 bits per heavy atom. The Bertz CT molecular complexity index is 1110. The Kier molecular flexibility index (Phi) is 5.71. The first kappa shape index (κ1) is 20.6. The number of aryl methyl sites for hydroxylation is 1. The van der Waals surface area contributed by atoms with Crippen molar-refractivity contribution in [2.75, 3.05) is 10.2 Å². The summed E-state index contributed by atoms with van der Waals surface area (Å²) >= 11 is 0. The van der Waals surface area contributed by atoms with Crippen LogP contribution in [0.15, 0.2) is 66.7 Å². The fraction of sp³-hybridized carbons (Fsp3) is 0.200. The van der Waals surface area contributed by atoms with E-state index in [1.54, 1.807) is 42.2 Å². The molecule has 3 aromatic rings. The molecule has 0 saturated heterocycles. The molecule has 0 bridgehead atoms. The number of ether oxygens (including phenoxy) is 1. The van der Waals surface area contributed by atoms with E-state index in [-0.39, 0.29) is 24.1 Å². The van der Waals surface area contributed by atoms with Crippen LogP contribution in [0.3, 0.4) is 0 Å². The molecule has 1 aliphatic rings. The Hall–Kier alpha value is -3.67. The van der Waals surface area contributed by atoms with Gasteiger partial charge in [-0.05, 0) is 55.3 Å². The van der Waals surface area contributed by atoms with Gasteiger partial charge in [0.15, 0.2) is 6.10 Å². The Morgan fingerprint density at radius 1 is 1.03 bits per heavy atom. The lowest BCUT2D eigenvalue weighted by Crippen LogP contribution is -2.44. The van der Waals surface area contributed by atoms with Crippen molar-refractivity contribution in [2.24, 2.45) is 0 Å². The van der Waals surface area contributed by atoms with E-state index >= 15 is 0 Å². The molecule has 0 saturated carbocycles. The molecular formula is C25H23FN2O3. The number of hydrogen-bond acceptors (Lipinski definition) is 3. The Morgan fingerprint density at radius 2 is 1.71 bits per heavy atom. The third-order valence-corrected chi connectivity index (χ3v) is 5.19. The molecule has 1 N–H and O–H groups in total. The van der Waals surface area contributed by atoms with Gasteiger partial charge in [0.2, 0.25) is 5.91 Å². The highest BCUT2D eigenvalue weighted by Gasteiger charge is 2.31. The number of carbonyl (C=O) groups excluding carboxylic acids is 2. The molecule has 0 aliphatic carbocycles. The van der Waals surface area contributed by atoms with Gasteiger partial charge in [-0.2, -0.15) is 0 Å². The van der Waals surface area contributed by atoms with Crippen molar-refractivity contribution in [1.82, 2.24) is 0 Å². The highest BCUT2D eigenvalue weighted by Crippen LogP contribution is 2.37. The quantitative estimate of drug-likeness (QED) is 0.657. The fourth-order valence-corrected chi connectivity index (χ4v) is 3.52. The van der Waals surface area contributed by atoms with Crippen LogP contribution in [0.2, 0.25) is 0 Å². The normalized spacial score (nSPS) is 15.3. The van der Waals surface area contributed by atoms with E-state index in [1.807, 2.05) is 31.2 Å². The molecule has 31 heavy (non-hydrogen) atoms. The van der Waals surface area contributed by atoms with Gasteiger partial charge in [0.05, 0.1) is 18.7 Å². The summed E-state index contributed by atoms with van der Waals surface area (Å²) in [5.41, 5.74) is 4.04. The average Bonchev–Trinajstić information content (AvgIpc) is 2.75. The third-order valence-electron chi connectivity index (χ3n) is 5.19. The molecule has 0 fully saturated rings. The zero-order valence-electron chi connectivity index (χ0n) is 17.4. The molecule has 6 heteroatoms. The van der Waals surface area contributed by atoms with Crippen LogP contribution in [0, 0.1) is 12.7 Å². The predicted octanol–water partition coefficient (Wildman–Crippen LogP) is 4.63. The van der Waals surface area contributed by atoms with Gasteiger partial charge < -0.3 is 15.0 Å². The molecule has 5 nitrogen and oxygen atoms in total. The van der Waals surface area contributed by atoms with Crippen LogP contribution in [-0.2, 0) is 22.6 Å². The second-order valence-electron chi connectivity index (χ2n) is 7.70. The first-order valence-corrected chi connectivity index (χ1v) is 10.1. The molecule has 1 atom stereocenters. The van der Waals surface area contributed by atoms with Gasteiger partial charge in [-0.25, -0.2) is 4.39 Å². The van der Waals surface area contributed by atoms with Crippen molar-refractivity contribution in [3.63, 3.8) is 0 Å². The van der Waals surface area contributed by atoms with Gasteiger partial charge in [-0.15, -0.1) is 0 Å². The van der Waals surface area contributed by atoms with E-state index in [1.165, 1.54) is 12.1 Å². The molecule has 158 valence electrons. The van der Waals surface area contributed by atoms with Crippen molar-refractivity contribution in [2.45, 2.75) is 32.9 Å². The lowest BCUT2D eigenvalue weighted by molar-refractivity contribution is -0.125. The van der Waals surface area contributed by atoms with Crippen molar-refractivity contribution >= 4 is 23.2 Å². The predicted molar refractivity (Wildman–Crippen MR) is 118 cm³/mol. The maximum atomic E-state index is 13.1. The minimum absolute atomic E-state index is 0.122. The van der Waals surface area contributed by atoms with Gasteiger partial charge in [-0.1, -0.05) is 42.0 Å². The summed E-state index contributed by atoms with van der Waals surface area (Å²) in [6.45, 7) is 4.15. The lowest BCUT2D eigenvalue weighted by Gasteiger charge is -2.33. The summed E-state index contributed by atoms with van der Waals surface area (Å²) in [6, 6.07) is 19.1. The van der Waals surface area contributed by atoms with Gasteiger partial charge >= 0.3 is 0 Å². The number of rotatable bonds is 5. The first-order chi connectivity index (χ1) is 14.9. The SMILES string of the molecule is Cc1ccc(CN2C(=O)C(C)Oc3ccc(NC(=O)Cc4ccc(F)cc4)cc32)cc1. The molecule has 3 aromatic carbocycles. The van der Waals surface area contributed by atoms with E-state index in [0.29, 0.717) is 29.2 Å². The second kappa shape index (κ2) is 8.60. The van der Waals surface area contributed by atoms with Crippen molar-refractivity contribution in [3.05, 3.63) is 89.2 Å². The molecule has 0 spiro atoms. The zero-order valence-corrected chi connectivity index (χ0v) is 17.4. The molecular weight excluding hydrogens is 395 g/mol. The molecule has 0 aromatic heterocycles. The van der Waals surface area contributed by atoms with Crippen LogP contribution in [0.1, 0.15) is 23.6 Å². The van der Waals surface area contributed by atoms with Gasteiger partial charge in [0.1, 0.15) is 11.6 Å². The van der Waals surface area contributed by atoms with Crippen molar-refractivity contribution in [3.8, 4) is 5.75 Å². The van der Waals surface area contributed by atoms with E-state index in [4.69, 9.17) is 4.74 Å². The number of carbonyl (C=O) groups is 2. The number of nitrogens with one attached hydrogen (secondary N) is 1. The minimum Gasteiger partial charge on any atom is -0.479 e. The van der Waals surface area contributed by atoms with E-state index in [9.17, 15) is 14.0 Å². The van der Waals surface area contributed by atoms with Crippen LogP contribution in [0.5, 0.6) is 5.75 Å². The molecule has 4 rings (SSSR count). The Balaban J connectivity index is 1.55. The molecule has 0 radical (unpaired) electrons. The summed E-state index contributed by atoms with van der Waals surface area (Å²) in [4.78, 5) is 27.0. The van der Waals surface area contributed by atoms with E-state index < -0.39 is 6.10 Å². The summed E-state index contributed by atoms with van der Waals surface area (Å²) in [5.74, 6) is -0.113. The van der Waals surface area contributed by atoms with E-state index in [2.05, 4.69) is 5.32 Å². The smallest absolute Gasteiger partial charge is 0.268 e. The summed E-state index contributed by atoms with van der Waals surface area (Å²) < 4.78 is 18.8. The van der Waals surface area contributed by atoms with Crippen molar-refractivity contribution in [1.29, 1.82) is 0 Å². The Labute approximate surface area is 180 Å². The van der Waals surface area contributed by atoms with Crippen LogP contribution >= 0.6 is 0 Å². The molecule has 2 amide bonds.